The summed E-state index contributed by atoms with van der Waals surface area (Å²) in [6.07, 6.45) is 1.62. The van der Waals surface area contributed by atoms with E-state index in [-0.39, 0.29) is 6.54 Å². The number of nitrogens with zero attached hydrogens (tertiary/aromatic N) is 3. The third-order valence-corrected chi connectivity index (χ3v) is 1.34. The Labute approximate surface area is 64.1 Å². The lowest BCUT2D eigenvalue weighted by molar-refractivity contribution is 0.827. The van der Waals surface area contributed by atoms with Gasteiger partial charge in [0.05, 0.1) is 11.8 Å². The molecule has 0 aliphatic heterocycles. The molecule has 0 saturated heterocycles. The van der Waals surface area contributed by atoms with Crippen LogP contribution < -0.4 is 5.73 Å². The van der Waals surface area contributed by atoms with Gasteiger partial charge in [-0.1, -0.05) is 0 Å². The van der Waals surface area contributed by atoms with E-state index >= 15 is 0 Å². The summed E-state index contributed by atoms with van der Waals surface area (Å²) in [5, 5.41) is 16.9. The Morgan fingerprint density at radius 1 is 1.55 bits per heavy atom. The van der Waals surface area contributed by atoms with Crippen LogP contribution in [0.3, 0.4) is 0 Å². The molecule has 0 aliphatic carbocycles. The van der Waals surface area contributed by atoms with Gasteiger partial charge < -0.3 is 10.3 Å². The highest BCUT2D eigenvalue weighted by Gasteiger charge is 2.03. The molecule has 0 spiro atoms. The molecule has 0 amide bonds. The smallest absolute Gasteiger partial charge is 0.144 e. The first-order valence-electron chi connectivity index (χ1n) is 3.01. The van der Waals surface area contributed by atoms with Gasteiger partial charge in [-0.05, 0) is 6.07 Å². The third kappa shape index (κ3) is 1.15. The number of aromatic nitrogens is 1. The first-order chi connectivity index (χ1) is 5.29. The van der Waals surface area contributed by atoms with E-state index in [1.54, 1.807) is 12.3 Å². The van der Waals surface area contributed by atoms with Crippen LogP contribution in [0.2, 0.25) is 0 Å². The highest BCUT2D eigenvalue weighted by molar-refractivity contribution is 5.51. The number of rotatable bonds is 1. The van der Waals surface area contributed by atoms with Crippen LogP contribution in [0.25, 0.3) is 0 Å². The molecular formula is C7H6N4. The van der Waals surface area contributed by atoms with Crippen molar-refractivity contribution in [1.82, 2.24) is 4.57 Å². The van der Waals surface area contributed by atoms with E-state index in [4.69, 9.17) is 16.3 Å². The van der Waals surface area contributed by atoms with E-state index in [1.165, 1.54) is 4.57 Å². The lowest BCUT2D eigenvalue weighted by atomic mass is 10.4. The van der Waals surface area contributed by atoms with Gasteiger partial charge in [-0.3, -0.25) is 0 Å². The predicted molar refractivity (Wildman–Crippen MR) is 39.2 cm³/mol. The third-order valence-electron chi connectivity index (χ3n) is 1.34. The zero-order valence-corrected chi connectivity index (χ0v) is 5.78. The van der Waals surface area contributed by atoms with Crippen molar-refractivity contribution < 1.29 is 0 Å². The molecule has 0 bridgehead atoms. The first-order valence-corrected chi connectivity index (χ1v) is 3.01. The Balaban J connectivity index is 3.10. The van der Waals surface area contributed by atoms with Crippen LogP contribution in [0.4, 0.5) is 5.69 Å². The van der Waals surface area contributed by atoms with Crippen LogP contribution in [-0.4, -0.2) is 4.57 Å². The Morgan fingerprint density at radius 2 is 2.27 bits per heavy atom. The molecule has 1 rings (SSSR count). The summed E-state index contributed by atoms with van der Waals surface area (Å²) >= 11 is 0. The number of hydrogen-bond donors (Lipinski definition) is 1. The second kappa shape index (κ2) is 2.76. The maximum absolute atomic E-state index is 8.55. The molecule has 0 aromatic carbocycles. The van der Waals surface area contributed by atoms with Crippen molar-refractivity contribution in [3.63, 3.8) is 0 Å². The lowest BCUT2D eigenvalue weighted by Crippen LogP contribution is -1.98. The monoisotopic (exact) mass is 146 g/mol. The van der Waals surface area contributed by atoms with Crippen molar-refractivity contribution in [1.29, 1.82) is 10.5 Å². The number of hydrogen-bond acceptors (Lipinski definition) is 3. The summed E-state index contributed by atoms with van der Waals surface area (Å²) in [5.74, 6) is 0. The minimum Gasteiger partial charge on any atom is -0.396 e. The zero-order valence-electron chi connectivity index (χ0n) is 5.78. The van der Waals surface area contributed by atoms with Gasteiger partial charge in [-0.25, -0.2) is 0 Å². The molecule has 0 unspecified atom stereocenters. The quantitative estimate of drug-likeness (QED) is 0.625. The molecule has 0 saturated carbocycles. The summed E-state index contributed by atoms with van der Waals surface area (Å²) in [5.41, 5.74) is 6.20. The molecule has 1 aromatic heterocycles. The molecule has 2 N–H and O–H groups in total. The molecule has 4 heteroatoms. The average Bonchev–Trinajstić information content (AvgIpc) is 2.33. The maximum atomic E-state index is 8.55. The lowest BCUT2D eigenvalue weighted by Gasteiger charge is -1.95. The van der Waals surface area contributed by atoms with Gasteiger partial charge in [0.25, 0.3) is 0 Å². The van der Waals surface area contributed by atoms with Gasteiger partial charge in [0.2, 0.25) is 0 Å². The van der Waals surface area contributed by atoms with Crippen LogP contribution in [0.5, 0.6) is 0 Å². The highest BCUT2D eigenvalue weighted by atomic mass is 15.0. The van der Waals surface area contributed by atoms with E-state index in [0.717, 1.165) is 0 Å². The number of nitrogen functional groups attached to an aromatic ring is 1. The fourth-order valence-electron chi connectivity index (χ4n) is 0.826. The normalized spacial score (nSPS) is 8.55. The Morgan fingerprint density at radius 3 is 2.82 bits per heavy atom. The van der Waals surface area contributed by atoms with Gasteiger partial charge in [0.15, 0.2) is 0 Å². The van der Waals surface area contributed by atoms with E-state index < -0.39 is 0 Å². The predicted octanol–water partition coefficient (Wildman–Crippen LogP) is 0.466. The van der Waals surface area contributed by atoms with Gasteiger partial charge in [0.1, 0.15) is 18.3 Å². The molecule has 1 aromatic rings. The van der Waals surface area contributed by atoms with Crippen LogP contribution in [-0.2, 0) is 6.54 Å². The standard InChI is InChI=1S/C7H6N4/c8-2-4-11-3-1-6(10)7(11)5-9/h1,3H,4,10H2. The molecule has 11 heavy (non-hydrogen) atoms. The van der Waals surface area contributed by atoms with Gasteiger partial charge in [-0.2, -0.15) is 10.5 Å². The van der Waals surface area contributed by atoms with Crippen LogP contribution in [0, 0.1) is 22.7 Å². The van der Waals surface area contributed by atoms with Gasteiger partial charge in [-0.15, -0.1) is 0 Å². The van der Waals surface area contributed by atoms with Crippen molar-refractivity contribution in [2.24, 2.45) is 0 Å². The van der Waals surface area contributed by atoms with E-state index in [2.05, 4.69) is 0 Å². The minimum atomic E-state index is 0.167. The Kier molecular flexibility index (Phi) is 1.80. The molecule has 0 fully saturated rings. The minimum absolute atomic E-state index is 0.167. The fourth-order valence-corrected chi connectivity index (χ4v) is 0.826. The summed E-state index contributed by atoms with van der Waals surface area (Å²) < 4.78 is 1.51. The van der Waals surface area contributed by atoms with Crippen molar-refractivity contribution >= 4 is 5.69 Å². The second-order valence-electron chi connectivity index (χ2n) is 2.02. The summed E-state index contributed by atoms with van der Waals surface area (Å²) in [6.45, 7) is 0.167. The van der Waals surface area contributed by atoms with Crippen molar-refractivity contribution in [2.75, 3.05) is 5.73 Å². The van der Waals surface area contributed by atoms with Crippen molar-refractivity contribution in [3.05, 3.63) is 18.0 Å². The summed E-state index contributed by atoms with van der Waals surface area (Å²) in [7, 11) is 0. The SMILES string of the molecule is N#CCn1ccc(N)c1C#N. The summed E-state index contributed by atoms with van der Waals surface area (Å²) in [6, 6.07) is 5.45. The van der Waals surface area contributed by atoms with Gasteiger partial charge >= 0.3 is 0 Å². The van der Waals surface area contributed by atoms with E-state index in [0.29, 0.717) is 11.4 Å². The molecule has 1 heterocycles. The van der Waals surface area contributed by atoms with Crippen LogP contribution in [0.1, 0.15) is 5.69 Å². The highest BCUT2D eigenvalue weighted by Crippen LogP contribution is 2.10. The fraction of sp³-hybridized carbons (Fsp3) is 0.143. The van der Waals surface area contributed by atoms with E-state index in [9.17, 15) is 0 Å². The molecule has 0 radical (unpaired) electrons. The summed E-state index contributed by atoms with van der Waals surface area (Å²) in [4.78, 5) is 0. The molecular weight excluding hydrogens is 140 g/mol. The van der Waals surface area contributed by atoms with Gasteiger partial charge in [0, 0.05) is 6.20 Å². The molecule has 54 valence electrons. The van der Waals surface area contributed by atoms with Crippen molar-refractivity contribution in [2.45, 2.75) is 6.54 Å². The van der Waals surface area contributed by atoms with Crippen molar-refractivity contribution in [3.8, 4) is 12.1 Å². The number of nitriles is 2. The zero-order chi connectivity index (χ0) is 8.27. The maximum Gasteiger partial charge on any atom is 0.144 e. The average molecular weight is 146 g/mol. The topological polar surface area (TPSA) is 78.5 Å². The first kappa shape index (κ1) is 7.17. The molecule has 4 nitrogen and oxygen atoms in total. The number of nitrogens with two attached hydrogens (primary N) is 1. The molecule has 0 atom stereocenters. The molecule has 0 aliphatic rings. The largest absolute Gasteiger partial charge is 0.396 e. The Hall–Kier alpha value is -1.94. The van der Waals surface area contributed by atoms with Crippen LogP contribution >= 0.6 is 0 Å². The van der Waals surface area contributed by atoms with E-state index in [1.807, 2.05) is 12.1 Å². The Bertz CT molecular complexity index is 336. The second-order valence-corrected chi connectivity index (χ2v) is 2.02. The van der Waals surface area contributed by atoms with Crippen LogP contribution in [0.15, 0.2) is 12.3 Å². The number of anilines is 1.